The van der Waals surface area contributed by atoms with Crippen LogP contribution >= 0.6 is 11.3 Å². The van der Waals surface area contributed by atoms with Crippen LogP contribution < -0.4 is 16.6 Å². The van der Waals surface area contributed by atoms with E-state index in [9.17, 15) is 14.4 Å². The van der Waals surface area contributed by atoms with Gasteiger partial charge in [-0.1, -0.05) is 13.8 Å². The Bertz CT molecular complexity index is 1130. The van der Waals surface area contributed by atoms with Gasteiger partial charge in [0.05, 0.1) is 22.5 Å². The molecule has 3 aromatic heterocycles. The van der Waals surface area contributed by atoms with Crippen molar-refractivity contribution >= 4 is 28.3 Å². The number of carbonyl (C=O) groups is 1. The Hall–Kier alpha value is -2.81. The molecule has 0 spiro atoms. The monoisotopic (exact) mass is 387 g/mol. The Morgan fingerprint density at radius 3 is 2.70 bits per heavy atom. The van der Waals surface area contributed by atoms with E-state index in [0.717, 1.165) is 9.88 Å². The highest BCUT2D eigenvalue weighted by Gasteiger charge is 2.20. The summed E-state index contributed by atoms with van der Waals surface area (Å²) in [4.78, 5) is 49.3. The van der Waals surface area contributed by atoms with E-state index < -0.39 is 11.2 Å². The number of aromatic amines is 1. The van der Waals surface area contributed by atoms with E-state index in [2.05, 4.69) is 20.3 Å². The molecule has 0 saturated heterocycles. The van der Waals surface area contributed by atoms with Crippen molar-refractivity contribution in [1.29, 1.82) is 0 Å². The van der Waals surface area contributed by atoms with Crippen LogP contribution in [0, 0.1) is 6.92 Å². The number of amides is 1. The number of pyridine rings is 1. The number of fused-ring (bicyclic) bond motifs is 1. The van der Waals surface area contributed by atoms with Crippen LogP contribution in [0.25, 0.3) is 11.0 Å². The minimum Gasteiger partial charge on any atom is -0.347 e. The van der Waals surface area contributed by atoms with E-state index in [1.807, 2.05) is 20.8 Å². The van der Waals surface area contributed by atoms with Crippen molar-refractivity contribution in [3.05, 3.63) is 54.2 Å². The molecule has 3 aromatic rings. The summed E-state index contributed by atoms with van der Waals surface area (Å²) in [5.41, 5.74) is -0.0469. The van der Waals surface area contributed by atoms with E-state index in [1.54, 1.807) is 19.2 Å². The Balaban J connectivity index is 2.13. The number of nitrogens with zero attached hydrogens (tertiary/aromatic N) is 3. The molecule has 0 aliphatic carbocycles. The molecule has 3 heterocycles. The maximum atomic E-state index is 12.9. The summed E-state index contributed by atoms with van der Waals surface area (Å²) in [5, 5.41) is 3.87. The fourth-order valence-electron chi connectivity index (χ4n) is 2.81. The first kappa shape index (κ1) is 19.0. The molecular weight excluding hydrogens is 366 g/mol. The predicted octanol–water partition coefficient (Wildman–Crippen LogP) is 1.92. The molecule has 0 aliphatic rings. The Morgan fingerprint density at radius 2 is 2.11 bits per heavy atom. The molecule has 0 bridgehead atoms. The van der Waals surface area contributed by atoms with Gasteiger partial charge in [0.15, 0.2) is 5.65 Å². The van der Waals surface area contributed by atoms with Crippen LogP contribution in [0.4, 0.5) is 0 Å². The summed E-state index contributed by atoms with van der Waals surface area (Å²) in [6.45, 7) is 8.22. The number of rotatable bonds is 5. The molecule has 0 unspecified atom stereocenters. The van der Waals surface area contributed by atoms with Gasteiger partial charge in [0.2, 0.25) is 0 Å². The SMILES string of the molecule is CCn1c(=O)[nH]c(=O)c2c(C(=O)NCc3cnc(C)s3)cc(C(C)C)nc21. The van der Waals surface area contributed by atoms with Crippen molar-refractivity contribution in [2.75, 3.05) is 0 Å². The smallest absolute Gasteiger partial charge is 0.329 e. The minimum atomic E-state index is -0.610. The van der Waals surface area contributed by atoms with Crippen LogP contribution in [-0.4, -0.2) is 25.4 Å². The van der Waals surface area contributed by atoms with Gasteiger partial charge in [-0.2, -0.15) is 0 Å². The van der Waals surface area contributed by atoms with Crippen LogP contribution in [0.15, 0.2) is 21.9 Å². The van der Waals surface area contributed by atoms with Gasteiger partial charge in [0, 0.05) is 23.3 Å². The molecule has 27 heavy (non-hydrogen) atoms. The van der Waals surface area contributed by atoms with E-state index >= 15 is 0 Å². The first-order valence-electron chi connectivity index (χ1n) is 8.69. The van der Waals surface area contributed by atoms with Gasteiger partial charge in [-0.15, -0.1) is 11.3 Å². The van der Waals surface area contributed by atoms with Crippen LogP contribution in [0.3, 0.4) is 0 Å². The first-order chi connectivity index (χ1) is 12.8. The summed E-state index contributed by atoms with van der Waals surface area (Å²) in [6, 6.07) is 1.62. The Morgan fingerprint density at radius 1 is 1.37 bits per heavy atom. The zero-order valence-electron chi connectivity index (χ0n) is 15.6. The number of hydrogen-bond donors (Lipinski definition) is 2. The molecule has 0 saturated carbocycles. The lowest BCUT2D eigenvalue weighted by Gasteiger charge is -2.14. The summed E-state index contributed by atoms with van der Waals surface area (Å²) in [6.07, 6.45) is 1.71. The third-order valence-corrected chi connectivity index (χ3v) is 5.13. The van der Waals surface area contributed by atoms with Gasteiger partial charge in [-0.3, -0.25) is 19.1 Å². The molecule has 8 nitrogen and oxygen atoms in total. The number of carbonyl (C=O) groups excluding carboxylic acids is 1. The zero-order valence-corrected chi connectivity index (χ0v) is 16.4. The van der Waals surface area contributed by atoms with Crippen molar-refractivity contribution in [3.63, 3.8) is 0 Å². The maximum absolute atomic E-state index is 12.9. The Kier molecular flexibility index (Phi) is 5.22. The third-order valence-electron chi connectivity index (χ3n) is 4.21. The number of nitrogens with one attached hydrogen (secondary N) is 2. The number of thiazole rings is 1. The molecule has 0 aromatic carbocycles. The largest absolute Gasteiger partial charge is 0.347 e. The molecule has 0 fully saturated rings. The molecule has 3 rings (SSSR count). The average molecular weight is 387 g/mol. The zero-order chi connectivity index (χ0) is 19.7. The highest BCUT2D eigenvalue weighted by atomic mass is 32.1. The van der Waals surface area contributed by atoms with E-state index in [1.165, 1.54) is 15.9 Å². The Labute approximate surface area is 159 Å². The first-order valence-corrected chi connectivity index (χ1v) is 9.50. The lowest BCUT2D eigenvalue weighted by Crippen LogP contribution is -2.33. The van der Waals surface area contributed by atoms with Crippen LogP contribution in [-0.2, 0) is 13.1 Å². The number of aromatic nitrogens is 4. The van der Waals surface area contributed by atoms with Gasteiger partial charge in [-0.25, -0.2) is 14.8 Å². The highest BCUT2D eigenvalue weighted by Crippen LogP contribution is 2.20. The second kappa shape index (κ2) is 7.43. The van der Waals surface area contributed by atoms with Crippen molar-refractivity contribution in [3.8, 4) is 0 Å². The molecule has 1 amide bonds. The van der Waals surface area contributed by atoms with Gasteiger partial charge in [0.1, 0.15) is 0 Å². The summed E-state index contributed by atoms with van der Waals surface area (Å²) in [7, 11) is 0. The van der Waals surface area contributed by atoms with E-state index in [4.69, 9.17) is 0 Å². The van der Waals surface area contributed by atoms with Crippen LogP contribution in [0.2, 0.25) is 0 Å². The molecule has 142 valence electrons. The van der Waals surface area contributed by atoms with Crippen molar-refractivity contribution < 1.29 is 4.79 Å². The van der Waals surface area contributed by atoms with E-state index in [0.29, 0.717) is 18.8 Å². The lowest BCUT2D eigenvalue weighted by molar-refractivity contribution is 0.0952. The number of hydrogen-bond acceptors (Lipinski definition) is 6. The normalized spacial score (nSPS) is 11.3. The molecule has 0 aliphatic heterocycles. The molecule has 0 atom stereocenters. The second-order valence-electron chi connectivity index (χ2n) is 6.48. The minimum absolute atomic E-state index is 0.0322. The van der Waals surface area contributed by atoms with Gasteiger partial charge < -0.3 is 5.32 Å². The lowest BCUT2D eigenvalue weighted by atomic mass is 10.0. The second-order valence-corrected chi connectivity index (χ2v) is 7.80. The quantitative estimate of drug-likeness (QED) is 0.695. The fraction of sp³-hybridized carbons (Fsp3) is 0.389. The molecule has 2 N–H and O–H groups in total. The van der Waals surface area contributed by atoms with Crippen molar-refractivity contribution in [1.82, 2.24) is 24.8 Å². The topological polar surface area (TPSA) is 110 Å². The third kappa shape index (κ3) is 3.68. The summed E-state index contributed by atoms with van der Waals surface area (Å²) >= 11 is 1.50. The van der Waals surface area contributed by atoms with Gasteiger partial charge in [-0.05, 0) is 25.8 Å². The van der Waals surface area contributed by atoms with Crippen LogP contribution in [0.1, 0.15) is 52.6 Å². The van der Waals surface area contributed by atoms with Crippen molar-refractivity contribution in [2.24, 2.45) is 0 Å². The highest BCUT2D eigenvalue weighted by molar-refractivity contribution is 7.11. The predicted molar refractivity (Wildman–Crippen MR) is 104 cm³/mol. The number of H-pyrrole nitrogens is 1. The van der Waals surface area contributed by atoms with Crippen LogP contribution in [0.5, 0.6) is 0 Å². The van der Waals surface area contributed by atoms with E-state index in [-0.39, 0.29) is 28.4 Å². The molecule has 0 radical (unpaired) electrons. The molecular formula is C18H21N5O3S. The van der Waals surface area contributed by atoms with Gasteiger partial charge in [0.25, 0.3) is 11.5 Å². The maximum Gasteiger partial charge on any atom is 0.329 e. The summed E-state index contributed by atoms with van der Waals surface area (Å²) < 4.78 is 1.37. The number of aryl methyl sites for hydroxylation is 2. The average Bonchev–Trinajstić information content (AvgIpc) is 3.04. The molecule has 9 heteroatoms. The van der Waals surface area contributed by atoms with Crippen molar-refractivity contribution in [2.45, 2.75) is 46.7 Å². The summed E-state index contributed by atoms with van der Waals surface area (Å²) in [5.74, 6) is -0.355. The van der Waals surface area contributed by atoms with Gasteiger partial charge >= 0.3 is 5.69 Å². The standard InChI is InChI=1S/C18H21N5O3S/c1-5-23-15-14(17(25)22-18(23)26)12(6-13(21-15)9(2)3)16(24)20-8-11-7-19-10(4)27-11/h6-7,9H,5,8H2,1-4H3,(H,20,24)(H,22,25,26). The fourth-order valence-corrected chi connectivity index (χ4v) is 3.55.